The molecular formula is C20H22N4O3. The van der Waals surface area contributed by atoms with Gasteiger partial charge in [0.05, 0.1) is 24.3 Å². The van der Waals surface area contributed by atoms with Gasteiger partial charge in [0.15, 0.2) is 17.3 Å². The molecule has 3 rings (SSSR count). The van der Waals surface area contributed by atoms with Gasteiger partial charge in [-0.15, -0.1) is 0 Å². The van der Waals surface area contributed by atoms with Crippen LogP contribution in [0.25, 0.3) is 22.2 Å². The summed E-state index contributed by atoms with van der Waals surface area (Å²) >= 11 is 0. The molecule has 0 radical (unpaired) electrons. The molecule has 7 nitrogen and oxygen atoms in total. The highest BCUT2D eigenvalue weighted by atomic mass is 16.5. The van der Waals surface area contributed by atoms with E-state index in [0.29, 0.717) is 22.6 Å². The summed E-state index contributed by atoms with van der Waals surface area (Å²) in [7, 11) is 1.50. The minimum atomic E-state index is -0.587. The Balaban J connectivity index is 2.10. The number of nitrogens with zero attached hydrogens (tertiary/aromatic N) is 3. The molecule has 2 amide bonds. The van der Waals surface area contributed by atoms with Crippen molar-refractivity contribution in [1.82, 2.24) is 9.97 Å². The summed E-state index contributed by atoms with van der Waals surface area (Å²) in [5.41, 5.74) is 8.09. The van der Waals surface area contributed by atoms with E-state index in [2.05, 4.69) is 9.97 Å². The van der Waals surface area contributed by atoms with E-state index in [4.69, 9.17) is 10.5 Å². The van der Waals surface area contributed by atoms with Crippen LogP contribution in [0.2, 0.25) is 0 Å². The van der Waals surface area contributed by atoms with Gasteiger partial charge in [0.25, 0.3) is 0 Å². The first kappa shape index (κ1) is 18.4. The van der Waals surface area contributed by atoms with E-state index in [1.807, 2.05) is 39.0 Å². The molecule has 0 bridgehead atoms. The Kier molecular flexibility index (Phi) is 4.61. The third kappa shape index (κ3) is 3.62. The molecule has 1 heterocycles. The Bertz CT molecular complexity index is 1010. The van der Waals surface area contributed by atoms with Gasteiger partial charge in [-0.1, -0.05) is 12.1 Å². The molecule has 140 valence electrons. The molecule has 0 aliphatic heterocycles. The van der Waals surface area contributed by atoms with Crippen molar-refractivity contribution in [2.75, 3.05) is 12.0 Å². The highest BCUT2D eigenvalue weighted by Crippen LogP contribution is 2.32. The second-order valence-electron chi connectivity index (χ2n) is 7.16. The summed E-state index contributed by atoms with van der Waals surface area (Å²) in [4.78, 5) is 22.3. The average Bonchev–Trinajstić information content (AvgIpc) is 2.60. The van der Waals surface area contributed by atoms with Crippen LogP contribution in [0.1, 0.15) is 20.8 Å². The highest BCUT2D eigenvalue weighted by Gasteiger charge is 2.27. The number of phenols is 1. The molecule has 0 saturated heterocycles. The molecule has 3 aromatic rings. The fourth-order valence-corrected chi connectivity index (χ4v) is 2.93. The lowest BCUT2D eigenvalue weighted by Gasteiger charge is -2.32. The number of aromatic hydroxyl groups is 1. The largest absolute Gasteiger partial charge is 0.504 e. The number of carbonyl (C=O) groups is 1. The first-order chi connectivity index (χ1) is 12.7. The predicted molar refractivity (Wildman–Crippen MR) is 105 cm³/mol. The molecule has 0 atom stereocenters. The number of fused-ring (bicyclic) bond motifs is 1. The van der Waals surface area contributed by atoms with E-state index in [9.17, 15) is 9.90 Å². The maximum atomic E-state index is 11.9. The number of primary amides is 1. The molecule has 0 saturated carbocycles. The third-order valence-electron chi connectivity index (χ3n) is 4.16. The van der Waals surface area contributed by atoms with Crippen LogP contribution < -0.4 is 15.4 Å². The number of ether oxygens (including phenoxy) is 1. The van der Waals surface area contributed by atoms with Gasteiger partial charge < -0.3 is 15.6 Å². The smallest absolute Gasteiger partial charge is 0.320 e. The number of anilines is 1. The molecule has 3 N–H and O–H groups in total. The SMILES string of the molecule is COc1cc(-c2ccc3ncc(N(C(N)=O)C(C)(C)C)nc3c2)ccc1O. The van der Waals surface area contributed by atoms with Gasteiger partial charge in [0.2, 0.25) is 0 Å². The van der Waals surface area contributed by atoms with E-state index >= 15 is 0 Å². The second kappa shape index (κ2) is 6.75. The van der Waals surface area contributed by atoms with Gasteiger partial charge in [-0.25, -0.2) is 9.78 Å². The van der Waals surface area contributed by atoms with E-state index in [-0.39, 0.29) is 5.75 Å². The van der Waals surface area contributed by atoms with Gasteiger partial charge >= 0.3 is 6.03 Å². The van der Waals surface area contributed by atoms with E-state index in [0.717, 1.165) is 11.1 Å². The molecular weight excluding hydrogens is 344 g/mol. The summed E-state index contributed by atoms with van der Waals surface area (Å²) in [6, 6.07) is 10.2. The van der Waals surface area contributed by atoms with Crippen molar-refractivity contribution >= 4 is 22.9 Å². The van der Waals surface area contributed by atoms with Crippen LogP contribution in [0.4, 0.5) is 10.6 Å². The lowest BCUT2D eigenvalue weighted by Crippen LogP contribution is -2.49. The molecule has 1 aromatic heterocycles. The number of hydrogen-bond acceptors (Lipinski definition) is 5. The van der Waals surface area contributed by atoms with E-state index < -0.39 is 11.6 Å². The molecule has 0 fully saturated rings. The summed E-state index contributed by atoms with van der Waals surface area (Å²) in [6.45, 7) is 5.63. The Labute approximate surface area is 157 Å². The first-order valence-electron chi connectivity index (χ1n) is 8.44. The van der Waals surface area contributed by atoms with E-state index in [1.165, 1.54) is 12.0 Å². The number of aromatic nitrogens is 2. The molecule has 27 heavy (non-hydrogen) atoms. The zero-order valence-electron chi connectivity index (χ0n) is 15.7. The van der Waals surface area contributed by atoms with Gasteiger partial charge in [0.1, 0.15) is 0 Å². The van der Waals surface area contributed by atoms with Crippen molar-refractivity contribution in [2.24, 2.45) is 5.73 Å². The maximum absolute atomic E-state index is 11.9. The first-order valence-corrected chi connectivity index (χ1v) is 8.44. The lowest BCUT2D eigenvalue weighted by molar-refractivity contribution is 0.248. The minimum absolute atomic E-state index is 0.0754. The second-order valence-corrected chi connectivity index (χ2v) is 7.16. The van der Waals surface area contributed by atoms with Crippen LogP contribution in [-0.2, 0) is 0 Å². The molecule has 0 unspecified atom stereocenters. The fourth-order valence-electron chi connectivity index (χ4n) is 2.93. The number of rotatable bonds is 3. The molecule has 7 heteroatoms. The molecule has 0 spiro atoms. The topological polar surface area (TPSA) is 102 Å². The van der Waals surface area contributed by atoms with Crippen LogP contribution in [0.15, 0.2) is 42.6 Å². The molecule has 0 aliphatic carbocycles. The monoisotopic (exact) mass is 366 g/mol. The third-order valence-corrected chi connectivity index (χ3v) is 4.16. The summed E-state index contributed by atoms with van der Waals surface area (Å²) in [6.07, 6.45) is 1.54. The highest BCUT2D eigenvalue weighted by molar-refractivity contribution is 5.92. The Morgan fingerprint density at radius 1 is 1.11 bits per heavy atom. The zero-order chi connectivity index (χ0) is 19.8. The molecule has 2 aromatic carbocycles. The Morgan fingerprint density at radius 2 is 1.78 bits per heavy atom. The number of benzene rings is 2. The number of urea groups is 1. The van der Waals surface area contributed by atoms with Crippen molar-refractivity contribution in [3.05, 3.63) is 42.6 Å². The fraction of sp³-hybridized carbons (Fsp3) is 0.250. The normalized spacial score (nSPS) is 11.4. The van der Waals surface area contributed by atoms with Crippen molar-refractivity contribution in [1.29, 1.82) is 0 Å². The Hall–Kier alpha value is -3.35. The number of hydrogen-bond donors (Lipinski definition) is 2. The number of methoxy groups -OCH3 is 1. The van der Waals surface area contributed by atoms with Crippen LogP contribution >= 0.6 is 0 Å². The van der Waals surface area contributed by atoms with Crippen LogP contribution in [0.5, 0.6) is 11.5 Å². The predicted octanol–water partition coefficient (Wildman–Crippen LogP) is 3.69. The number of phenolic OH excluding ortho intramolecular Hbond substituents is 1. The van der Waals surface area contributed by atoms with Crippen molar-refractivity contribution in [3.63, 3.8) is 0 Å². The van der Waals surface area contributed by atoms with Gasteiger partial charge in [-0.3, -0.25) is 9.88 Å². The van der Waals surface area contributed by atoms with Crippen molar-refractivity contribution < 1.29 is 14.6 Å². The van der Waals surface area contributed by atoms with Crippen molar-refractivity contribution in [2.45, 2.75) is 26.3 Å². The number of nitrogens with two attached hydrogens (primary N) is 1. The maximum Gasteiger partial charge on any atom is 0.320 e. The van der Waals surface area contributed by atoms with Crippen LogP contribution in [0.3, 0.4) is 0 Å². The molecule has 0 aliphatic rings. The van der Waals surface area contributed by atoms with Crippen LogP contribution in [-0.4, -0.2) is 33.8 Å². The quantitative estimate of drug-likeness (QED) is 0.736. The standard InChI is InChI=1S/C20H22N4O3/c1-20(2,3)24(19(21)26)18-11-22-14-7-5-12(9-15(14)23-18)13-6-8-16(25)17(10-13)27-4/h5-11,25H,1-4H3,(H2,21,26). The summed E-state index contributed by atoms with van der Waals surface area (Å²) in [5, 5.41) is 9.78. The summed E-state index contributed by atoms with van der Waals surface area (Å²) in [5.74, 6) is 0.856. The zero-order valence-corrected chi connectivity index (χ0v) is 15.7. The summed E-state index contributed by atoms with van der Waals surface area (Å²) < 4.78 is 5.17. The van der Waals surface area contributed by atoms with Crippen LogP contribution in [0, 0.1) is 0 Å². The Morgan fingerprint density at radius 3 is 2.41 bits per heavy atom. The van der Waals surface area contributed by atoms with E-state index in [1.54, 1.807) is 24.4 Å². The van der Waals surface area contributed by atoms with Crippen molar-refractivity contribution in [3.8, 4) is 22.6 Å². The lowest BCUT2D eigenvalue weighted by atomic mass is 10.0. The number of amides is 2. The minimum Gasteiger partial charge on any atom is -0.504 e. The van der Waals surface area contributed by atoms with Gasteiger partial charge in [-0.05, 0) is 56.2 Å². The average molecular weight is 366 g/mol. The number of carbonyl (C=O) groups excluding carboxylic acids is 1. The van der Waals surface area contributed by atoms with Gasteiger partial charge in [-0.2, -0.15) is 0 Å². The van der Waals surface area contributed by atoms with Gasteiger partial charge in [0, 0.05) is 5.54 Å².